The average molecular weight is 323 g/mol. The lowest BCUT2D eigenvalue weighted by Gasteiger charge is -2.33. The van der Waals surface area contributed by atoms with Crippen molar-refractivity contribution < 1.29 is 4.79 Å². The van der Waals surface area contributed by atoms with Crippen molar-refractivity contribution in [2.75, 3.05) is 13.6 Å². The average Bonchev–Trinajstić information content (AvgIpc) is 2.42. The first-order chi connectivity index (χ1) is 8.59. The zero-order valence-corrected chi connectivity index (χ0v) is 13.8. The Morgan fingerprint density at radius 1 is 1.30 bits per heavy atom. The molecule has 0 bridgehead atoms. The van der Waals surface area contributed by atoms with Crippen LogP contribution in [-0.4, -0.2) is 34.4 Å². The van der Waals surface area contributed by atoms with Gasteiger partial charge in [-0.15, -0.1) is 24.8 Å². The molecule has 0 aliphatic rings. The fraction of sp³-hybridized carbons (Fsp3) is 0.615. The highest BCUT2D eigenvalue weighted by atomic mass is 35.5. The van der Waals surface area contributed by atoms with E-state index in [1.807, 2.05) is 13.8 Å². The van der Waals surface area contributed by atoms with E-state index in [0.29, 0.717) is 13.1 Å². The minimum Gasteiger partial charge on any atom is -0.339 e. The van der Waals surface area contributed by atoms with Crippen molar-refractivity contribution in [1.82, 2.24) is 14.9 Å². The molecule has 1 rings (SSSR count). The maximum Gasteiger partial charge on any atom is 0.230 e. The molecule has 0 fully saturated rings. The lowest BCUT2D eigenvalue weighted by molar-refractivity contribution is -0.141. The van der Waals surface area contributed by atoms with Crippen LogP contribution in [0.2, 0.25) is 0 Å². The van der Waals surface area contributed by atoms with Crippen LogP contribution in [0.3, 0.4) is 0 Å². The van der Waals surface area contributed by atoms with Gasteiger partial charge in [-0.1, -0.05) is 13.8 Å². The van der Waals surface area contributed by atoms with Gasteiger partial charge in [-0.25, -0.2) is 0 Å². The minimum atomic E-state index is -0.447. The molecule has 0 saturated heterocycles. The monoisotopic (exact) mass is 322 g/mol. The van der Waals surface area contributed by atoms with Gasteiger partial charge in [0.2, 0.25) is 5.91 Å². The molecule has 1 aromatic rings. The maximum atomic E-state index is 12.5. The van der Waals surface area contributed by atoms with Gasteiger partial charge in [-0.05, 0) is 12.8 Å². The molecular weight excluding hydrogens is 299 g/mol. The van der Waals surface area contributed by atoms with Crippen molar-refractivity contribution in [2.45, 2.75) is 33.2 Å². The fourth-order valence-corrected chi connectivity index (χ4v) is 2.06. The Labute approximate surface area is 133 Å². The molecule has 0 aliphatic carbocycles. The van der Waals surface area contributed by atoms with E-state index in [0.717, 1.165) is 18.5 Å². The van der Waals surface area contributed by atoms with Crippen LogP contribution in [0.4, 0.5) is 0 Å². The number of carbonyl (C=O) groups excluding carboxylic acids is 1. The zero-order chi connectivity index (χ0) is 13.6. The zero-order valence-electron chi connectivity index (χ0n) is 12.2. The molecule has 0 spiro atoms. The Kier molecular flexibility index (Phi) is 10.6. The Balaban J connectivity index is 0. The summed E-state index contributed by atoms with van der Waals surface area (Å²) < 4.78 is 0. The van der Waals surface area contributed by atoms with Crippen molar-refractivity contribution in [1.29, 1.82) is 0 Å². The van der Waals surface area contributed by atoms with E-state index in [1.54, 1.807) is 30.5 Å². The quantitative estimate of drug-likeness (QED) is 0.869. The number of carbonyl (C=O) groups is 1. The summed E-state index contributed by atoms with van der Waals surface area (Å²) >= 11 is 0. The molecule has 0 saturated carbocycles. The van der Waals surface area contributed by atoms with Gasteiger partial charge in [0.15, 0.2) is 0 Å². The minimum absolute atomic E-state index is 0. The highest BCUT2D eigenvalue weighted by Gasteiger charge is 2.35. The first kappa shape index (κ1) is 21.4. The van der Waals surface area contributed by atoms with E-state index in [-0.39, 0.29) is 30.7 Å². The third-order valence-electron chi connectivity index (χ3n) is 3.56. The molecule has 1 heterocycles. The van der Waals surface area contributed by atoms with Crippen LogP contribution in [-0.2, 0) is 11.3 Å². The van der Waals surface area contributed by atoms with E-state index < -0.39 is 5.41 Å². The molecule has 0 radical (unpaired) electrons. The SMILES string of the molecule is CCC(CC)(CN)C(=O)N(C)Cc1cnccn1.Cl.Cl. The summed E-state index contributed by atoms with van der Waals surface area (Å²) in [4.78, 5) is 22.3. The molecule has 0 unspecified atom stereocenters. The van der Waals surface area contributed by atoms with E-state index in [9.17, 15) is 4.79 Å². The van der Waals surface area contributed by atoms with Crippen LogP contribution < -0.4 is 5.73 Å². The van der Waals surface area contributed by atoms with Gasteiger partial charge in [0.1, 0.15) is 0 Å². The van der Waals surface area contributed by atoms with Crippen LogP contribution in [0.25, 0.3) is 0 Å². The number of aromatic nitrogens is 2. The second-order valence-electron chi connectivity index (χ2n) is 4.55. The van der Waals surface area contributed by atoms with E-state index >= 15 is 0 Å². The van der Waals surface area contributed by atoms with E-state index in [2.05, 4.69) is 9.97 Å². The lowest BCUT2D eigenvalue weighted by atomic mass is 9.81. The molecule has 20 heavy (non-hydrogen) atoms. The van der Waals surface area contributed by atoms with Crippen LogP contribution >= 0.6 is 24.8 Å². The van der Waals surface area contributed by atoms with E-state index in [1.165, 1.54) is 0 Å². The number of hydrogen-bond donors (Lipinski definition) is 1. The molecule has 5 nitrogen and oxygen atoms in total. The molecule has 0 aromatic carbocycles. The first-order valence-electron chi connectivity index (χ1n) is 6.30. The first-order valence-corrected chi connectivity index (χ1v) is 6.30. The van der Waals surface area contributed by atoms with Gasteiger partial charge in [-0.2, -0.15) is 0 Å². The van der Waals surface area contributed by atoms with Crippen molar-refractivity contribution in [3.05, 3.63) is 24.3 Å². The molecule has 1 aromatic heterocycles. The molecule has 1 amide bonds. The summed E-state index contributed by atoms with van der Waals surface area (Å²) in [6, 6.07) is 0. The second kappa shape index (κ2) is 9.91. The predicted octanol–water partition coefficient (Wildman–Crippen LogP) is 2.04. The Hall–Kier alpha value is -0.910. The fourth-order valence-electron chi connectivity index (χ4n) is 2.06. The van der Waals surface area contributed by atoms with Crippen LogP contribution in [0.5, 0.6) is 0 Å². The van der Waals surface area contributed by atoms with Gasteiger partial charge in [-0.3, -0.25) is 14.8 Å². The number of amides is 1. The normalized spacial score (nSPS) is 10.2. The number of rotatable bonds is 6. The molecular formula is C13H24Cl2N4O. The number of nitrogens with zero attached hydrogens (tertiary/aromatic N) is 3. The smallest absolute Gasteiger partial charge is 0.230 e. The van der Waals surface area contributed by atoms with Crippen molar-refractivity contribution in [3.63, 3.8) is 0 Å². The summed E-state index contributed by atoms with van der Waals surface area (Å²) in [7, 11) is 1.78. The van der Waals surface area contributed by atoms with Crippen LogP contribution in [0.15, 0.2) is 18.6 Å². The highest BCUT2D eigenvalue weighted by Crippen LogP contribution is 2.27. The highest BCUT2D eigenvalue weighted by molar-refractivity contribution is 5.85. The van der Waals surface area contributed by atoms with E-state index in [4.69, 9.17) is 5.73 Å². The molecule has 2 N–H and O–H groups in total. The third-order valence-corrected chi connectivity index (χ3v) is 3.56. The van der Waals surface area contributed by atoms with Gasteiger partial charge < -0.3 is 10.6 Å². The summed E-state index contributed by atoms with van der Waals surface area (Å²) in [5.41, 5.74) is 6.12. The second-order valence-corrected chi connectivity index (χ2v) is 4.55. The lowest BCUT2D eigenvalue weighted by Crippen LogP contribution is -2.45. The standard InChI is InChI=1S/C13H22N4O.2ClH/c1-4-13(5-2,10-14)12(18)17(3)9-11-8-15-6-7-16-11;;/h6-8H,4-5,9-10,14H2,1-3H3;2*1H. The Bertz CT molecular complexity index is 377. The number of halogens is 2. The maximum absolute atomic E-state index is 12.5. The van der Waals surface area contributed by atoms with Crippen molar-refractivity contribution in [2.24, 2.45) is 11.1 Å². The summed E-state index contributed by atoms with van der Waals surface area (Å²) in [6.07, 6.45) is 6.43. The predicted molar refractivity (Wildman–Crippen MR) is 85.1 cm³/mol. The van der Waals surface area contributed by atoms with Gasteiger partial charge in [0.25, 0.3) is 0 Å². The number of hydrogen-bond acceptors (Lipinski definition) is 4. The summed E-state index contributed by atoms with van der Waals surface area (Å²) in [5.74, 6) is 0.0839. The molecule has 116 valence electrons. The number of nitrogens with two attached hydrogens (primary N) is 1. The van der Waals surface area contributed by atoms with Gasteiger partial charge in [0, 0.05) is 26.0 Å². The van der Waals surface area contributed by atoms with Gasteiger partial charge in [0.05, 0.1) is 23.9 Å². The third kappa shape index (κ3) is 4.89. The summed E-state index contributed by atoms with van der Waals surface area (Å²) in [6.45, 7) is 4.85. The topological polar surface area (TPSA) is 72.1 Å². The molecule has 0 aliphatic heterocycles. The summed E-state index contributed by atoms with van der Waals surface area (Å²) in [5, 5.41) is 0. The largest absolute Gasteiger partial charge is 0.339 e. The Morgan fingerprint density at radius 2 is 1.90 bits per heavy atom. The molecule has 0 atom stereocenters. The Morgan fingerprint density at radius 3 is 2.30 bits per heavy atom. The van der Waals surface area contributed by atoms with Crippen molar-refractivity contribution in [3.8, 4) is 0 Å². The van der Waals surface area contributed by atoms with Gasteiger partial charge >= 0.3 is 0 Å². The molecule has 7 heteroatoms. The van der Waals surface area contributed by atoms with Crippen LogP contribution in [0, 0.1) is 5.41 Å². The van der Waals surface area contributed by atoms with Crippen molar-refractivity contribution >= 4 is 30.7 Å². The van der Waals surface area contributed by atoms with Crippen LogP contribution in [0.1, 0.15) is 32.4 Å².